The summed E-state index contributed by atoms with van der Waals surface area (Å²) in [6.07, 6.45) is 5.90. The molecule has 1 aromatic carbocycles. The predicted octanol–water partition coefficient (Wildman–Crippen LogP) is 2.43. The Bertz CT molecular complexity index is 511. The van der Waals surface area contributed by atoms with Gasteiger partial charge in [-0.2, -0.15) is 0 Å². The van der Waals surface area contributed by atoms with E-state index in [1.54, 1.807) is 0 Å². The maximum Gasteiger partial charge on any atom is 0.224 e. The van der Waals surface area contributed by atoms with Crippen molar-refractivity contribution in [2.24, 2.45) is 17.8 Å². The summed E-state index contributed by atoms with van der Waals surface area (Å²) in [4.78, 5) is 12.7. The van der Waals surface area contributed by atoms with E-state index >= 15 is 0 Å². The van der Waals surface area contributed by atoms with Gasteiger partial charge in [0.05, 0.1) is 5.54 Å². The molecule has 0 spiro atoms. The molecule has 1 aromatic rings. The van der Waals surface area contributed by atoms with Crippen LogP contribution in [-0.2, 0) is 10.3 Å². The Morgan fingerprint density at radius 2 is 1.71 bits per heavy atom. The van der Waals surface area contributed by atoms with Crippen LogP contribution in [0.4, 0.5) is 0 Å². The van der Waals surface area contributed by atoms with Gasteiger partial charge in [0.2, 0.25) is 5.91 Å². The average Bonchev–Trinajstić information content (AvgIpc) is 3.03. The number of nitrogens with one attached hydrogen (secondary N) is 2. The van der Waals surface area contributed by atoms with E-state index in [2.05, 4.69) is 41.0 Å². The first-order valence-corrected chi connectivity index (χ1v) is 8.38. The van der Waals surface area contributed by atoms with E-state index in [9.17, 15) is 4.79 Å². The van der Waals surface area contributed by atoms with Crippen molar-refractivity contribution in [3.8, 4) is 0 Å². The van der Waals surface area contributed by atoms with E-state index in [4.69, 9.17) is 0 Å². The summed E-state index contributed by atoms with van der Waals surface area (Å²) in [6, 6.07) is 10.6. The fraction of sp³-hybridized carbons (Fsp3) is 0.611. The van der Waals surface area contributed by atoms with Crippen molar-refractivity contribution >= 4 is 5.91 Å². The van der Waals surface area contributed by atoms with Crippen LogP contribution in [0.15, 0.2) is 30.3 Å². The first kappa shape index (κ1) is 13.3. The Morgan fingerprint density at radius 3 is 2.38 bits per heavy atom. The van der Waals surface area contributed by atoms with Gasteiger partial charge in [0, 0.05) is 5.92 Å². The number of fused-ring (bicyclic) bond motifs is 1. The summed E-state index contributed by atoms with van der Waals surface area (Å²) in [6.45, 7) is 2.06. The van der Waals surface area contributed by atoms with Gasteiger partial charge < -0.3 is 10.6 Å². The van der Waals surface area contributed by atoms with Gasteiger partial charge in [-0.05, 0) is 43.3 Å². The molecule has 3 atom stereocenters. The zero-order valence-electron chi connectivity index (χ0n) is 12.5. The number of benzene rings is 1. The number of hydrogen-bond acceptors (Lipinski definition) is 2. The van der Waals surface area contributed by atoms with E-state index in [-0.39, 0.29) is 11.5 Å². The van der Waals surface area contributed by atoms with Gasteiger partial charge in [-0.15, -0.1) is 0 Å². The van der Waals surface area contributed by atoms with Gasteiger partial charge in [0.25, 0.3) is 0 Å². The maximum absolute atomic E-state index is 12.7. The fourth-order valence-electron chi connectivity index (χ4n) is 4.52. The summed E-state index contributed by atoms with van der Waals surface area (Å²) in [5.41, 5.74) is 1.18. The fourth-order valence-corrected chi connectivity index (χ4v) is 4.52. The van der Waals surface area contributed by atoms with Crippen molar-refractivity contribution in [2.45, 2.75) is 37.6 Å². The number of hydrogen-bond donors (Lipinski definition) is 2. The highest BCUT2D eigenvalue weighted by molar-refractivity contribution is 5.83. The molecule has 3 nitrogen and oxygen atoms in total. The minimum atomic E-state index is -0.110. The van der Waals surface area contributed by atoms with Crippen LogP contribution in [0, 0.1) is 17.8 Å². The third-order valence-corrected chi connectivity index (χ3v) is 5.79. The second-order valence-electron chi connectivity index (χ2n) is 7.01. The third kappa shape index (κ3) is 2.28. The van der Waals surface area contributed by atoms with Crippen molar-refractivity contribution in [2.75, 3.05) is 13.1 Å². The molecule has 2 saturated carbocycles. The topological polar surface area (TPSA) is 41.1 Å². The number of amides is 1. The van der Waals surface area contributed by atoms with E-state index in [0.29, 0.717) is 17.7 Å². The van der Waals surface area contributed by atoms with Crippen molar-refractivity contribution in [3.05, 3.63) is 35.9 Å². The van der Waals surface area contributed by atoms with Crippen molar-refractivity contribution in [1.82, 2.24) is 10.6 Å². The van der Waals surface area contributed by atoms with Gasteiger partial charge in [0.15, 0.2) is 0 Å². The molecule has 2 aliphatic carbocycles. The molecule has 112 valence electrons. The molecule has 0 bridgehead atoms. The monoisotopic (exact) mass is 284 g/mol. The van der Waals surface area contributed by atoms with Crippen LogP contribution < -0.4 is 10.6 Å². The predicted molar refractivity (Wildman–Crippen MR) is 82.7 cm³/mol. The van der Waals surface area contributed by atoms with Gasteiger partial charge in [-0.1, -0.05) is 49.6 Å². The van der Waals surface area contributed by atoms with Crippen LogP contribution >= 0.6 is 0 Å². The van der Waals surface area contributed by atoms with Gasteiger partial charge in [-0.25, -0.2) is 0 Å². The van der Waals surface area contributed by atoms with Crippen LogP contribution in [-0.4, -0.2) is 19.0 Å². The molecule has 0 unspecified atom stereocenters. The second-order valence-corrected chi connectivity index (χ2v) is 7.01. The van der Waals surface area contributed by atoms with E-state index in [1.165, 1.54) is 24.8 Å². The first-order valence-electron chi connectivity index (χ1n) is 8.38. The molecule has 0 aromatic heterocycles. The highest BCUT2D eigenvalue weighted by Gasteiger charge is 2.57. The highest BCUT2D eigenvalue weighted by atomic mass is 16.2. The lowest BCUT2D eigenvalue weighted by atomic mass is 9.76. The lowest BCUT2D eigenvalue weighted by Crippen LogP contribution is -2.48. The molecule has 1 heterocycles. The van der Waals surface area contributed by atoms with E-state index < -0.39 is 0 Å². The Hall–Kier alpha value is -1.35. The summed E-state index contributed by atoms with van der Waals surface area (Å²) in [5, 5.41) is 6.84. The summed E-state index contributed by atoms with van der Waals surface area (Å²) in [7, 11) is 0. The molecule has 0 radical (unpaired) electrons. The zero-order chi connectivity index (χ0) is 14.3. The molecule has 3 fully saturated rings. The highest BCUT2D eigenvalue weighted by Crippen LogP contribution is 2.49. The molecule has 1 amide bonds. The Labute approximate surface area is 126 Å². The van der Waals surface area contributed by atoms with Crippen molar-refractivity contribution in [3.63, 3.8) is 0 Å². The Kier molecular flexibility index (Phi) is 3.26. The van der Waals surface area contributed by atoms with Gasteiger partial charge in [0.1, 0.15) is 0 Å². The van der Waals surface area contributed by atoms with Crippen LogP contribution in [0.1, 0.15) is 37.7 Å². The number of rotatable bonds is 3. The number of carbonyl (C=O) groups is 1. The first-order chi connectivity index (χ1) is 10.3. The standard InChI is InChI=1S/C18H24N2O/c21-17(16-14-11-19-12-15(14)16)20-18(9-5-2-6-10-18)13-7-3-1-4-8-13/h1,3-4,7-8,14-16,19H,2,5-6,9-12H2,(H,20,21)/t14-,15+,16+. The number of carbonyl (C=O) groups excluding carboxylic acids is 1. The normalized spacial score (nSPS) is 33.2. The quantitative estimate of drug-likeness (QED) is 0.895. The lowest BCUT2D eigenvalue weighted by molar-refractivity contribution is -0.125. The maximum atomic E-state index is 12.7. The molecule has 1 saturated heterocycles. The third-order valence-electron chi connectivity index (χ3n) is 5.79. The number of piperidine rings is 1. The van der Waals surface area contributed by atoms with E-state index in [1.807, 2.05) is 0 Å². The second kappa shape index (κ2) is 5.13. The molecule has 4 rings (SSSR count). The zero-order valence-corrected chi connectivity index (χ0v) is 12.5. The summed E-state index contributed by atoms with van der Waals surface area (Å²) >= 11 is 0. The summed E-state index contributed by atoms with van der Waals surface area (Å²) in [5.74, 6) is 1.77. The average molecular weight is 284 g/mol. The SMILES string of the molecule is O=C(NC1(c2ccccc2)CCCCC1)[C@H]1[C@@H]2CNC[C@@H]21. The lowest BCUT2D eigenvalue weighted by Gasteiger charge is -2.39. The Morgan fingerprint density at radius 1 is 1.05 bits per heavy atom. The van der Waals surface area contributed by atoms with Crippen molar-refractivity contribution < 1.29 is 4.79 Å². The van der Waals surface area contributed by atoms with Gasteiger partial charge >= 0.3 is 0 Å². The molecular formula is C18H24N2O. The minimum absolute atomic E-state index is 0.110. The Balaban J connectivity index is 1.54. The molecule has 3 aliphatic rings. The van der Waals surface area contributed by atoms with E-state index in [0.717, 1.165) is 25.9 Å². The van der Waals surface area contributed by atoms with Crippen molar-refractivity contribution in [1.29, 1.82) is 0 Å². The minimum Gasteiger partial charge on any atom is -0.346 e. The molecular weight excluding hydrogens is 260 g/mol. The van der Waals surface area contributed by atoms with Gasteiger partial charge in [-0.3, -0.25) is 4.79 Å². The molecule has 1 aliphatic heterocycles. The van der Waals surface area contributed by atoms with Crippen LogP contribution in [0.5, 0.6) is 0 Å². The largest absolute Gasteiger partial charge is 0.346 e. The summed E-state index contributed by atoms with van der Waals surface area (Å²) < 4.78 is 0. The molecule has 21 heavy (non-hydrogen) atoms. The molecule has 2 N–H and O–H groups in total. The smallest absolute Gasteiger partial charge is 0.224 e. The molecule has 3 heteroatoms. The van der Waals surface area contributed by atoms with Crippen LogP contribution in [0.25, 0.3) is 0 Å². The van der Waals surface area contributed by atoms with Crippen LogP contribution in [0.3, 0.4) is 0 Å². The van der Waals surface area contributed by atoms with Crippen LogP contribution in [0.2, 0.25) is 0 Å².